The van der Waals surface area contributed by atoms with E-state index in [1.807, 2.05) is 19.1 Å². The van der Waals surface area contributed by atoms with E-state index in [4.69, 9.17) is 9.47 Å². The van der Waals surface area contributed by atoms with Gasteiger partial charge in [-0.25, -0.2) is 0 Å². The van der Waals surface area contributed by atoms with Gasteiger partial charge in [-0.2, -0.15) is 0 Å². The molecule has 2 atom stereocenters. The smallest absolute Gasteiger partial charge is 0.311 e. The third-order valence-electron chi connectivity index (χ3n) is 7.78. The SMILES string of the molecule is CCCCCCCCCCCCc1cccc(OC(CCC)OC(=O)C(C)CC[N+](C)(C)Cc2ccccc2)c1. The Morgan fingerprint density at radius 3 is 2.02 bits per heavy atom. The minimum atomic E-state index is -0.542. The first-order valence-electron chi connectivity index (χ1n) is 16.1. The molecule has 0 aliphatic rings. The summed E-state index contributed by atoms with van der Waals surface area (Å²) in [6, 6.07) is 18.9. The summed E-state index contributed by atoms with van der Waals surface area (Å²) >= 11 is 0. The number of rotatable bonds is 22. The van der Waals surface area contributed by atoms with Crippen LogP contribution < -0.4 is 4.74 Å². The van der Waals surface area contributed by atoms with Gasteiger partial charge in [0.2, 0.25) is 6.29 Å². The maximum atomic E-state index is 13.0. The summed E-state index contributed by atoms with van der Waals surface area (Å²) in [5.74, 6) is 0.461. The summed E-state index contributed by atoms with van der Waals surface area (Å²) in [5, 5.41) is 0. The molecule has 0 aromatic heterocycles. The molecule has 0 saturated carbocycles. The molecule has 0 aliphatic heterocycles. The third kappa shape index (κ3) is 14.9. The van der Waals surface area contributed by atoms with Crippen LogP contribution in [0.5, 0.6) is 5.75 Å². The van der Waals surface area contributed by atoms with Crippen LogP contribution >= 0.6 is 0 Å². The molecule has 0 spiro atoms. The molecule has 0 radical (unpaired) electrons. The van der Waals surface area contributed by atoms with Crippen molar-refractivity contribution in [1.82, 2.24) is 0 Å². The number of esters is 1. The first-order valence-corrected chi connectivity index (χ1v) is 16.1. The topological polar surface area (TPSA) is 35.5 Å². The molecule has 0 fully saturated rings. The van der Waals surface area contributed by atoms with Gasteiger partial charge in [-0.05, 0) is 37.0 Å². The molecule has 2 rings (SSSR count). The highest BCUT2D eigenvalue weighted by Gasteiger charge is 2.24. The van der Waals surface area contributed by atoms with Crippen LogP contribution in [0.2, 0.25) is 0 Å². The van der Waals surface area contributed by atoms with Crippen molar-refractivity contribution in [2.24, 2.45) is 5.92 Å². The van der Waals surface area contributed by atoms with Crippen molar-refractivity contribution in [3.63, 3.8) is 0 Å². The van der Waals surface area contributed by atoms with Gasteiger partial charge in [0.25, 0.3) is 0 Å². The second-order valence-corrected chi connectivity index (χ2v) is 12.3. The number of benzene rings is 2. The lowest BCUT2D eigenvalue weighted by Crippen LogP contribution is -2.41. The van der Waals surface area contributed by atoms with Crippen LogP contribution in [-0.2, 0) is 22.5 Å². The van der Waals surface area contributed by atoms with Crippen molar-refractivity contribution in [3.05, 3.63) is 65.7 Å². The van der Waals surface area contributed by atoms with Crippen LogP contribution in [0.25, 0.3) is 0 Å². The fourth-order valence-corrected chi connectivity index (χ4v) is 5.18. The van der Waals surface area contributed by atoms with E-state index < -0.39 is 6.29 Å². The standard InChI is InChI=1S/C36H58NO3/c1-6-8-9-10-11-12-13-14-15-17-22-32-25-20-26-34(29-32)39-35(21-7-2)40-36(38)31(3)27-28-37(4,5)30-33-23-18-16-19-24-33/h16,18-20,23-26,29,31,35H,6-15,17,21-22,27-28,30H2,1-5H3/q+1. The average molecular weight is 553 g/mol. The summed E-state index contributed by atoms with van der Waals surface area (Å²) in [6.45, 7) is 8.20. The molecule has 224 valence electrons. The predicted molar refractivity (Wildman–Crippen MR) is 168 cm³/mol. The Bertz CT molecular complexity index is 927. The molecule has 0 aliphatic carbocycles. The minimum Gasteiger partial charge on any atom is -0.455 e. The second kappa shape index (κ2) is 19.7. The number of hydrogen-bond donors (Lipinski definition) is 0. The maximum absolute atomic E-state index is 13.0. The number of hydrogen-bond acceptors (Lipinski definition) is 3. The molecule has 0 N–H and O–H groups in total. The fourth-order valence-electron chi connectivity index (χ4n) is 5.18. The summed E-state index contributed by atoms with van der Waals surface area (Å²) < 4.78 is 12.9. The van der Waals surface area contributed by atoms with Gasteiger partial charge in [0, 0.05) is 18.4 Å². The fraction of sp³-hybridized carbons (Fsp3) is 0.639. The molecular weight excluding hydrogens is 494 g/mol. The van der Waals surface area contributed by atoms with Gasteiger partial charge in [0.15, 0.2) is 0 Å². The molecule has 40 heavy (non-hydrogen) atoms. The molecule has 0 saturated heterocycles. The van der Waals surface area contributed by atoms with Gasteiger partial charge in [-0.1, -0.05) is 121 Å². The summed E-state index contributed by atoms with van der Waals surface area (Å²) in [5.41, 5.74) is 2.61. The van der Waals surface area contributed by atoms with E-state index in [2.05, 4.69) is 70.4 Å². The predicted octanol–water partition coefficient (Wildman–Crippen LogP) is 9.50. The highest BCUT2D eigenvalue weighted by Crippen LogP contribution is 2.21. The Morgan fingerprint density at radius 1 is 0.750 bits per heavy atom. The van der Waals surface area contributed by atoms with Crippen LogP contribution in [0.15, 0.2) is 54.6 Å². The van der Waals surface area contributed by atoms with Crippen molar-refractivity contribution in [1.29, 1.82) is 0 Å². The van der Waals surface area contributed by atoms with E-state index in [0.29, 0.717) is 6.42 Å². The lowest BCUT2D eigenvalue weighted by atomic mass is 10.0. The van der Waals surface area contributed by atoms with Gasteiger partial charge in [-0.3, -0.25) is 4.79 Å². The highest BCUT2D eigenvalue weighted by atomic mass is 16.7. The summed E-state index contributed by atoms with van der Waals surface area (Å²) in [7, 11) is 4.44. The van der Waals surface area contributed by atoms with Gasteiger partial charge in [-0.15, -0.1) is 0 Å². The van der Waals surface area contributed by atoms with Crippen molar-refractivity contribution >= 4 is 5.97 Å². The number of aryl methyl sites for hydroxylation is 1. The molecule has 0 bridgehead atoms. The molecule has 2 aromatic rings. The van der Waals surface area contributed by atoms with Crippen LogP contribution in [0.4, 0.5) is 0 Å². The molecule has 4 heteroatoms. The monoisotopic (exact) mass is 552 g/mol. The van der Waals surface area contributed by atoms with Crippen molar-refractivity contribution in [3.8, 4) is 5.75 Å². The third-order valence-corrected chi connectivity index (χ3v) is 7.78. The molecule has 0 heterocycles. The quantitative estimate of drug-likeness (QED) is 0.0631. The number of nitrogens with zero attached hydrogens (tertiary/aromatic N) is 1. The van der Waals surface area contributed by atoms with E-state index in [1.165, 1.54) is 75.3 Å². The van der Waals surface area contributed by atoms with Crippen LogP contribution in [-0.4, -0.2) is 37.4 Å². The zero-order chi connectivity index (χ0) is 29.1. The zero-order valence-electron chi connectivity index (χ0n) is 26.3. The lowest BCUT2D eigenvalue weighted by Gasteiger charge is -2.31. The number of unbranched alkanes of at least 4 members (excludes halogenated alkanes) is 9. The van der Waals surface area contributed by atoms with Crippen LogP contribution in [0.1, 0.15) is 115 Å². The second-order valence-electron chi connectivity index (χ2n) is 12.3. The van der Waals surface area contributed by atoms with Gasteiger partial charge in [0.05, 0.1) is 26.6 Å². The number of ether oxygens (including phenoxy) is 2. The average Bonchev–Trinajstić information content (AvgIpc) is 2.93. The van der Waals surface area contributed by atoms with Crippen molar-refractivity contribution in [2.75, 3.05) is 20.6 Å². The van der Waals surface area contributed by atoms with E-state index >= 15 is 0 Å². The number of quaternary nitrogens is 1. The molecule has 0 amide bonds. The van der Waals surface area contributed by atoms with E-state index in [9.17, 15) is 4.79 Å². The zero-order valence-corrected chi connectivity index (χ0v) is 26.3. The first kappa shape index (κ1) is 33.9. The van der Waals surface area contributed by atoms with Crippen LogP contribution in [0, 0.1) is 5.92 Å². The first-order chi connectivity index (χ1) is 19.3. The van der Waals surface area contributed by atoms with Crippen molar-refractivity contribution < 1.29 is 18.8 Å². The maximum Gasteiger partial charge on any atom is 0.311 e. The Hall–Kier alpha value is -2.33. The summed E-state index contributed by atoms with van der Waals surface area (Å²) in [4.78, 5) is 13.0. The van der Waals surface area contributed by atoms with E-state index in [-0.39, 0.29) is 11.9 Å². The minimum absolute atomic E-state index is 0.167. The van der Waals surface area contributed by atoms with Gasteiger partial charge in [0.1, 0.15) is 12.3 Å². The van der Waals surface area contributed by atoms with Crippen molar-refractivity contribution in [2.45, 2.75) is 123 Å². The molecular formula is C36H58NO3+. The van der Waals surface area contributed by atoms with E-state index in [0.717, 1.165) is 42.6 Å². The van der Waals surface area contributed by atoms with Crippen LogP contribution in [0.3, 0.4) is 0 Å². The van der Waals surface area contributed by atoms with Gasteiger partial charge < -0.3 is 14.0 Å². The Balaban J connectivity index is 1.74. The largest absolute Gasteiger partial charge is 0.455 e. The van der Waals surface area contributed by atoms with E-state index in [1.54, 1.807) is 0 Å². The normalized spacial score (nSPS) is 13.1. The molecule has 2 aromatic carbocycles. The highest BCUT2D eigenvalue weighted by molar-refractivity contribution is 5.72. The number of carbonyl (C=O) groups excluding carboxylic acids is 1. The summed E-state index contributed by atoms with van der Waals surface area (Å²) in [6.07, 6.45) is 16.4. The lowest BCUT2D eigenvalue weighted by molar-refractivity contribution is -0.904. The molecule has 2 unspecified atom stereocenters. The van der Waals surface area contributed by atoms with Gasteiger partial charge >= 0.3 is 5.97 Å². The Kier molecular flexibility index (Phi) is 16.7. The Morgan fingerprint density at radius 2 is 1.38 bits per heavy atom. The Labute approximate surface area is 246 Å². The molecule has 4 nitrogen and oxygen atoms in total. The number of carbonyl (C=O) groups is 1.